The minimum atomic E-state index is -3.69. The number of carbonyl (C=O) groups is 1. The van der Waals surface area contributed by atoms with Gasteiger partial charge in [0.15, 0.2) is 0 Å². The van der Waals surface area contributed by atoms with Crippen molar-refractivity contribution in [3.63, 3.8) is 0 Å². The lowest BCUT2D eigenvalue weighted by atomic mass is 10.1. The van der Waals surface area contributed by atoms with Gasteiger partial charge >= 0.3 is 0 Å². The van der Waals surface area contributed by atoms with Crippen molar-refractivity contribution in [3.05, 3.63) is 59.7 Å². The van der Waals surface area contributed by atoms with Gasteiger partial charge in [-0.3, -0.25) is 9.52 Å². The van der Waals surface area contributed by atoms with Crippen LogP contribution in [-0.2, 0) is 10.0 Å². The Morgan fingerprint density at radius 3 is 2.19 bits per heavy atom. The lowest BCUT2D eigenvalue weighted by molar-refractivity contribution is 0.0929. The van der Waals surface area contributed by atoms with Crippen LogP contribution >= 0.6 is 12.4 Å². The van der Waals surface area contributed by atoms with Crippen molar-refractivity contribution in [3.8, 4) is 0 Å². The smallest absolute Gasteiger partial charge is 0.261 e. The van der Waals surface area contributed by atoms with Crippen LogP contribution < -0.4 is 15.4 Å². The van der Waals surface area contributed by atoms with Crippen LogP contribution in [-0.4, -0.2) is 33.5 Å². The van der Waals surface area contributed by atoms with Gasteiger partial charge in [0.05, 0.1) is 4.90 Å². The Morgan fingerprint density at radius 1 is 1.00 bits per heavy atom. The van der Waals surface area contributed by atoms with Crippen molar-refractivity contribution in [1.29, 1.82) is 0 Å². The number of aryl methyl sites for hydroxylation is 1. The maximum Gasteiger partial charge on any atom is 0.261 e. The molecule has 146 valence electrons. The number of rotatable bonds is 5. The van der Waals surface area contributed by atoms with Crippen molar-refractivity contribution in [2.75, 3.05) is 17.8 Å². The molecule has 8 heteroatoms. The lowest BCUT2D eigenvalue weighted by Gasteiger charge is -2.23. The molecule has 1 fully saturated rings. The van der Waals surface area contributed by atoms with Gasteiger partial charge in [0.25, 0.3) is 15.9 Å². The molecule has 0 bridgehead atoms. The van der Waals surface area contributed by atoms with E-state index in [9.17, 15) is 13.2 Å². The van der Waals surface area contributed by atoms with E-state index in [-0.39, 0.29) is 29.3 Å². The molecule has 27 heavy (non-hydrogen) atoms. The van der Waals surface area contributed by atoms with Gasteiger partial charge in [-0.05, 0) is 69.3 Å². The number of nitrogens with one attached hydrogen (secondary N) is 3. The maximum absolute atomic E-state index is 12.5. The Kier molecular flexibility index (Phi) is 7.24. The fraction of sp³-hybridized carbons (Fsp3) is 0.316. The van der Waals surface area contributed by atoms with Crippen LogP contribution in [0, 0.1) is 6.92 Å². The average Bonchev–Trinajstić information content (AvgIpc) is 2.64. The molecule has 1 aliphatic heterocycles. The van der Waals surface area contributed by atoms with Crippen LogP contribution in [0.25, 0.3) is 0 Å². The van der Waals surface area contributed by atoms with Gasteiger partial charge in [0.2, 0.25) is 0 Å². The van der Waals surface area contributed by atoms with E-state index in [0.717, 1.165) is 31.5 Å². The molecule has 2 aromatic rings. The number of benzene rings is 2. The number of piperidine rings is 1. The van der Waals surface area contributed by atoms with E-state index in [1.807, 2.05) is 19.1 Å². The summed E-state index contributed by atoms with van der Waals surface area (Å²) in [7, 11) is -3.69. The van der Waals surface area contributed by atoms with Crippen LogP contribution in [0.3, 0.4) is 0 Å². The summed E-state index contributed by atoms with van der Waals surface area (Å²) in [4.78, 5) is 12.4. The zero-order valence-corrected chi connectivity index (χ0v) is 16.7. The highest BCUT2D eigenvalue weighted by atomic mass is 35.5. The Balaban J connectivity index is 0.00000261. The summed E-state index contributed by atoms with van der Waals surface area (Å²) < 4.78 is 27.5. The Bertz CT molecular complexity index is 862. The quantitative estimate of drug-likeness (QED) is 0.708. The van der Waals surface area contributed by atoms with E-state index in [2.05, 4.69) is 15.4 Å². The van der Waals surface area contributed by atoms with Crippen molar-refractivity contribution >= 4 is 34.0 Å². The molecule has 2 aromatic carbocycles. The highest BCUT2D eigenvalue weighted by molar-refractivity contribution is 7.92. The van der Waals surface area contributed by atoms with Crippen molar-refractivity contribution < 1.29 is 13.2 Å². The first-order valence-electron chi connectivity index (χ1n) is 8.65. The molecule has 6 nitrogen and oxygen atoms in total. The van der Waals surface area contributed by atoms with E-state index < -0.39 is 10.0 Å². The zero-order chi connectivity index (χ0) is 18.6. The molecule has 0 unspecified atom stereocenters. The van der Waals surface area contributed by atoms with Gasteiger partial charge in [-0.15, -0.1) is 12.4 Å². The first-order valence-corrected chi connectivity index (χ1v) is 10.1. The van der Waals surface area contributed by atoms with Gasteiger partial charge in [-0.2, -0.15) is 0 Å². The van der Waals surface area contributed by atoms with Crippen LogP contribution in [0.5, 0.6) is 0 Å². The third-order valence-electron chi connectivity index (χ3n) is 4.40. The molecule has 0 spiro atoms. The third-order valence-corrected chi connectivity index (χ3v) is 5.80. The zero-order valence-electron chi connectivity index (χ0n) is 15.1. The van der Waals surface area contributed by atoms with Crippen LogP contribution in [0.2, 0.25) is 0 Å². The molecule has 1 saturated heterocycles. The molecule has 0 aliphatic carbocycles. The minimum Gasteiger partial charge on any atom is -0.349 e. The monoisotopic (exact) mass is 409 g/mol. The van der Waals surface area contributed by atoms with E-state index in [1.165, 1.54) is 12.1 Å². The topological polar surface area (TPSA) is 87.3 Å². The molecule has 1 amide bonds. The summed E-state index contributed by atoms with van der Waals surface area (Å²) in [6.07, 6.45) is 1.80. The highest BCUT2D eigenvalue weighted by Gasteiger charge is 2.18. The van der Waals surface area contributed by atoms with Crippen molar-refractivity contribution in [1.82, 2.24) is 10.6 Å². The normalized spacial score (nSPS) is 14.9. The standard InChI is InChI=1S/C19H23N3O3S.ClH/c1-14-2-6-17(7-3-14)22-26(24,25)18-8-4-15(5-9-18)19(23)21-16-10-12-20-13-11-16;/h2-9,16,20,22H,10-13H2,1H3,(H,21,23);1H. The predicted molar refractivity (Wildman–Crippen MR) is 109 cm³/mol. The molecule has 1 heterocycles. The maximum atomic E-state index is 12.5. The summed E-state index contributed by atoms with van der Waals surface area (Å²) in [6.45, 7) is 3.73. The summed E-state index contributed by atoms with van der Waals surface area (Å²) >= 11 is 0. The third kappa shape index (κ3) is 5.69. The Labute approximate surface area is 166 Å². The number of halogens is 1. The fourth-order valence-electron chi connectivity index (χ4n) is 2.86. The number of carbonyl (C=O) groups excluding carboxylic acids is 1. The summed E-state index contributed by atoms with van der Waals surface area (Å²) in [6, 6.07) is 13.3. The van der Waals surface area contributed by atoms with Gasteiger partial charge in [-0.25, -0.2) is 8.42 Å². The second-order valence-electron chi connectivity index (χ2n) is 6.49. The first kappa shape index (κ1) is 21.2. The number of hydrogen-bond acceptors (Lipinski definition) is 4. The average molecular weight is 410 g/mol. The minimum absolute atomic E-state index is 0. The van der Waals surface area contributed by atoms with Gasteiger partial charge in [-0.1, -0.05) is 17.7 Å². The molecule has 3 rings (SSSR count). The van der Waals surface area contributed by atoms with E-state index in [4.69, 9.17) is 0 Å². The van der Waals surface area contributed by atoms with Gasteiger partial charge in [0, 0.05) is 17.3 Å². The lowest BCUT2D eigenvalue weighted by Crippen LogP contribution is -2.42. The van der Waals surface area contributed by atoms with Crippen molar-refractivity contribution in [2.45, 2.75) is 30.7 Å². The Morgan fingerprint density at radius 2 is 1.59 bits per heavy atom. The number of anilines is 1. The molecule has 0 saturated carbocycles. The van der Waals surface area contributed by atoms with Crippen LogP contribution in [0.1, 0.15) is 28.8 Å². The van der Waals surface area contributed by atoms with Crippen LogP contribution in [0.4, 0.5) is 5.69 Å². The molecule has 0 atom stereocenters. The summed E-state index contributed by atoms with van der Waals surface area (Å²) in [5.41, 5.74) is 2.01. The first-order chi connectivity index (χ1) is 12.4. The molecule has 0 radical (unpaired) electrons. The van der Waals surface area contributed by atoms with Crippen LogP contribution in [0.15, 0.2) is 53.4 Å². The predicted octanol–water partition coefficient (Wildman–Crippen LogP) is 2.70. The molecular formula is C19H24ClN3O3S. The Hall–Kier alpha value is -2.09. The molecule has 1 aliphatic rings. The largest absolute Gasteiger partial charge is 0.349 e. The number of amides is 1. The summed E-state index contributed by atoms with van der Waals surface area (Å²) in [5.74, 6) is -0.174. The van der Waals surface area contributed by atoms with Crippen molar-refractivity contribution in [2.24, 2.45) is 0 Å². The van der Waals surface area contributed by atoms with Gasteiger partial charge in [0.1, 0.15) is 0 Å². The highest BCUT2D eigenvalue weighted by Crippen LogP contribution is 2.17. The van der Waals surface area contributed by atoms with Gasteiger partial charge < -0.3 is 10.6 Å². The van der Waals surface area contributed by atoms with E-state index in [1.54, 1.807) is 24.3 Å². The SMILES string of the molecule is Cc1ccc(NS(=O)(=O)c2ccc(C(=O)NC3CCNCC3)cc2)cc1.Cl. The number of hydrogen-bond donors (Lipinski definition) is 3. The summed E-state index contributed by atoms with van der Waals surface area (Å²) in [5, 5.41) is 6.24. The second kappa shape index (κ2) is 9.21. The molecule has 3 N–H and O–H groups in total. The fourth-order valence-corrected chi connectivity index (χ4v) is 3.91. The number of sulfonamides is 1. The molecular weight excluding hydrogens is 386 g/mol. The van der Waals surface area contributed by atoms with E-state index >= 15 is 0 Å². The van der Waals surface area contributed by atoms with E-state index in [0.29, 0.717) is 11.3 Å². The molecule has 0 aromatic heterocycles. The second-order valence-corrected chi connectivity index (χ2v) is 8.18.